The lowest BCUT2D eigenvalue weighted by molar-refractivity contribution is 0.579. The number of anilines is 1. The van der Waals surface area contributed by atoms with Crippen LogP contribution in [0.25, 0.3) is 0 Å². The molecule has 6 nitrogen and oxygen atoms in total. The summed E-state index contributed by atoms with van der Waals surface area (Å²) >= 11 is 0. The van der Waals surface area contributed by atoms with Gasteiger partial charge < -0.3 is 4.90 Å². The smallest absolute Gasteiger partial charge is 0.240 e. The number of sulfonamides is 1. The fourth-order valence-corrected chi connectivity index (χ4v) is 2.77. The van der Waals surface area contributed by atoms with Gasteiger partial charge in [-0.25, -0.2) is 27.5 Å². The van der Waals surface area contributed by atoms with E-state index < -0.39 is 15.8 Å². The van der Waals surface area contributed by atoms with E-state index in [2.05, 4.69) is 14.7 Å². The number of nitrogens with one attached hydrogen (secondary N) is 1. The van der Waals surface area contributed by atoms with Crippen LogP contribution in [0.5, 0.6) is 0 Å². The molecule has 1 N–H and O–H groups in total. The Balaban J connectivity index is 2.17. The lowest BCUT2D eigenvalue weighted by atomic mass is 10.3. The Morgan fingerprint density at radius 1 is 1.18 bits per heavy atom. The van der Waals surface area contributed by atoms with Crippen molar-refractivity contribution < 1.29 is 12.8 Å². The molecule has 0 unspecified atom stereocenters. The minimum atomic E-state index is -3.71. The number of halogens is 1. The average Bonchev–Trinajstić information content (AvgIpc) is 2.45. The van der Waals surface area contributed by atoms with E-state index in [9.17, 15) is 12.8 Å². The summed E-state index contributed by atoms with van der Waals surface area (Å²) in [7, 11) is -0.0983. The quantitative estimate of drug-likeness (QED) is 0.901. The molecule has 0 saturated heterocycles. The second-order valence-electron chi connectivity index (χ2n) is 4.97. The molecule has 2 aromatic rings. The van der Waals surface area contributed by atoms with Crippen LogP contribution in [0.4, 0.5) is 10.3 Å². The standard InChI is InChI=1S/C14H17FN4O2S/c1-10-8-12(18-14(17-10)19(2)3)9-16-22(20,21)13-6-4-11(15)5-7-13/h4-8,16H,9H2,1-3H3. The van der Waals surface area contributed by atoms with Gasteiger partial charge in [-0.05, 0) is 37.3 Å². The number of hydrogen-bond donors (Lipinski definition) is 1. The van der Waals surface area contributed by atoms with Crippen LogP contribution in [-0.4, -0.2) is 32.5 Å². The van der Waals surface area contributed by atoms with Gasteiger partial charge in [0.2, 0.25) is 16.0 Å². The van der Waals surface area contributed by atoms with Gasteiger partial charge in [-0.15, -0.1) is 0 Å². The monoisotopic (exact) mass is 324 g/mol. The first-order chi connectivity index (χ1) is 10.3. The first-order valence-electron chi connectivity index (χ1n) is 6.55. The van der Waals surface area contributed by atoms with Gasteiger partial charge in [-0.1, -0.05) is 0 Å². The topological polar surface area (TPSA) is 75.2 Å². The lowest BCUT2D eigenvalue weighted by Crippen LogP contribution is -2.24. The van der Waals surface area contributed by atoms with Gasteiger partial charge in [-0.3, -0.25) is 0 Å². The number of benzene rings is 1. The van der Waals surface area contributed by atoms with E-state index in [-0.39, 0.29) is 11.4 Å². The maximum atomic E-state index is 12.9. The van der Waals surface area contributed by atoms with Gasteiger partial charge >= 0.3 is 0 Å². The maximum Gasteiger partial charge on any atom is 0.240 e. The summed E-state index contributed by atoms with van der Waals surface area (Å²) in [6, 6.07) is 6.35. The van der Waals surface area contributed by atoms with Crippen LogP contribution in [0.3, 0.4) is 0 Å². The van der Waals surface area contributed by atoms with Crippen molar-refractivity contribution in [1.29, 1.82) is 0 Å². The highest BCUT2D eigenvalue weighted by atomic mass is 32.2. The molecule has 22 heavy (non-hydrogen) atoms. The average molecular weight is 324 g/mol. The van der Waals surface area contributed by atoms with Gasteiger partial charge in [0.15, 0.2) is 0 Å². The van der Waals surface area contributed by atoms with Gasteiger partial charge in [0.05, 0.1) is 17.1 Å². The molecule has 1 heterocycles. The summed E-state index contributed by atoms with van der Waals surface area (Å²) in [5, 5.41) is 0. The Kier molecular flexibility index (Phi) is 4.72. The second-order valence-corrected chi connectivity index (χ2v) is 6.74. The number of aryl methyl sites for hydroxylation is 1. The molecule has 0 fully saturated rings. The molecule has 0 spiro atoms. The Morgan fingerprint density at radius 2 is 1.82 bits per heavy atom. The molecule has 8 heteroatoms. The highest BCUT2D eigenvalue weighted by molar-refractivity contribution is 7.89. The molecule has 1 aromatic heterocycles. The van der Waals surface area contributed by atoms with Crippen molar-refractivity contribution in [3.8, 4) is 0 Å². The number of hydrogen-bond acceptors (Lipinski definition) is 5. The van der Waals surface area contributed by atoms with Crippen molar-refractivity contribution in [2.24, 2.45) is 0 Å². The van der Waals surface area contributed by atoms with E-state index in [1.807, 2.05) is 6.92 Å². The van der Waals surface area contributed by atoms with Gasteiger partial charge in [-0.2, -0.15) is 0 Å². The normalized spacial score (nSPS) is 11.5. The third-order valence-corrected chi connectivity index (χ3v) is 4.28. The summed E-state index contributed by atoms with van der Waals surface area (Å²) in [6.07, 6.45) is 0. The number of rotatable bonds is 5. The van der Waals surface area contributed by atoms with Crippen LogP contribution in [0.2, 0.25) is 0 Å². The molecular weight excluding hydrogens is 307 g/mol. The Labute approximate surface area is 129 Å². The third-order valence-electron chi connectivity index (χ3n) is 2.86. The molecule has 118 valence electrons. The predicted molar refractivity (Wildman–Crippen MR) is 81.5 cm³/mol. The number of nitrogens with zero attached hydrogens (tertiary/aromatic N) is 3. The predicted octanol–water partition coefficient (Wildman–Crippen LogP) is 1.47. The first-order valence-corrected chi connectivity index (χ1v) is 8.03. The molecule has 0 saturated carbocycles. The maximum absolute atomic E-state index is 12.9. The fourth-order valence-electron chi connectivity index (χ4n) is 1.77. The third kappa shape index (κ3) is 3.99. The largest absolute Gasteiger partial charge is 0.347 e. The molecule has 0 aliphatic carbocycles. The summed E-state index contributed by atoms with van der Waals surface area (Å²) in [4.78, 5) is 10.3. The van der Waals surface area contributed by atoms with E-state index in [0.29, 0.717) is 11.6 Å². The number of aromatic nitrogens is 2. The van der Waals surface area contributed by atoms with E-state index >= 15 is 0 Å². The van der Waals surface area contributed by atoms with Crippen LogP contribution in [-0.2, 0) is 16.6 Å². The zero-order valence-corrected chi connectivity index (χ0v) is 13.4. The van der Waals surface area contributed by atoms with E-state index in [0.717, 1.165) is 17.8 Å². The Hall–Kier alpha value is -2.06. The van der Waals surface area contributed by atoms with Crippen molar-refractivity contribution in [2.75, 3.05) is 19.0 Å². The van der Waals surface area contributed by atoms with E-state index in [4.69, 9.17) is 0 Å². The van der Waals surface area contributed by atoms with Crippen molar-refractivity contribution in [3.63, 3.8) is 0 Å². The van der Waals surface area contributed by atoms with Crippen LogP contribution >= 0.6 is 0 Å². The van der Waals surface area contributed by atoms with Crippen LogP contribution in [0.1, 0.15) is 11.4 Å². The molecule has 1 aromatic carbocycles. The van der Waals surface area contributed by atoms with Crippen LogP contribution in [0.15, 0.2) is 35.2 Å². The highest BCUT2D eigenvalue weighted by Gasteiger charge is 2.14. The molecular formula is C14H17FN4O2S. The molecule has 0 bridgehead atoms. The van der Waals surface area contributed by atoms with Crippen molar-refractivity contribution in [1.82, 2.24) is 14.7 Å². The SMILES string of the molecule is Cc1cc(CNS(=O)(=O)c2ccc(F)cc2)nc(N(C)C)n1. The summed E-state index contributed by atoms with van der Waals surface area (Å²) in [5.74, 6) is 0.0250. The Morgan fingerprint density at radius 3 is 2.41 bits per heavy atom. The van der Waals surface area contributed by atoms with Crippen molar-refractivity contribution in [2.45, 2.75) is 18.4 Å². The molecule has 0 aliphatic heterocycles. The first kappa shape index (κ1) is 16.3. The zero-order valence-electron chi connectivity index (χ0n) is 12.5. The van der Waals surface area contributed by atoms with Crippen LogP contribution in [0, 0.1) is 12.7 Å². The lowest BCUT2D eigenvalue weighted by Gasteiger charge is -2.13. The van der Waals surface area contributed by atoms with Gasteiger partial charge in [0.1, 0.15) is 5.82 Å². The molecule has 0 aliphatic rings. The van der Waals surface area contributed by atoms with Crippen molar-refractivity contribution >= 4 is 16.0 Å². The van der Waals surface area contributed by atoms with E-state index in [1.54, 1.807) is 25.1 Å². The van der Waals surface area contributed by atoms with E-state index in [1.165, 1.54) is 12.1 Å². The van der Waals surface area contributed by atoms with Gasteiger partial charge in [0, 0.05) is 19.8 Å². The van der Waals surface area contributed by atoms with Crippen LogP contribution < -0.4 is 9.62 Å². The summed E-state index contributed by atoms with van der Waals surface area (Å²) in [6.45, 7) is 1.84. The summed E-state index contributed by atoms with van der Waals surface area (Å²) < 4.78 is 39.6. The zero-order chi connectivity index (χ0) is 16.3. The highest BCUT2D eigenvalue weighted by Crippen LogP contribution is 2.11. The minimum Gasteiger partial charge on any atom is -0.347 e. The summed E-state index contributed by atoms with van der Waals surface area (Å²) in [5.41, 5.74) is 1.30. The Bertz CT molecular complexity index is 761. The van der Waals surface area contributed by atoms with Crippen molar-refractivity contribution in [3.05, 3.63) is 47.5 Å². The van der Waals surface area contributed by atoms with Gasteiger partial charge in [0.25, 0.3) is 0 Å². The fraction of sp³-hybridized carbons (Fsp3) is 0.286. The molecule has 0 atom stereocenters. The minimum absolute atomic E-state index is 0.00695. The molecule has 0 amide bonds. The molecule has 0 radical (unpaired) electrons. The second kappa shape index (κ2) is 6.37. The molecule has 2 rings (SSSR count).